The molecule has 2 aromatic heterocycles. The summed E-state index contributed by atoms with van der Waals surface area (Å²) in [6, 6.07) is 20.2. The number of fused-ring (bicyclic) bond motifs is 6. The van der Waals surface area contributed by atoms with Gasteiger partial charge >= 0.3 is 0 Å². The van der Waals surface area contributed by atoms with Crippen molar-refractivity contribution in [3.05, 3.63) is 78.1 Å². The van der Waals surface area contributed by atoms with Crippen LogP contribution < -0.4 is 0 Å². The predicted molar refractivity (Wildman–Crippen MR) is 112 cm³/mol. The molecule has 6 rings (SSSR count). The van der Waals surface area contributed by atoms with Crippen LogP contribution in [0.2, 0.25) is 0 Å². The summed E-state index contributed by atoms with van der Waals surface area (Å²) in [6.45, 7) is 4.64. The van der Waals surface area contributed by atoms with E-state index in [1.54, 1.807) is 0 Å². The third-order valence-electron chi connectivity index (χ3n) is 5.96. The number of aromatic nitrogens is 1. The summed E-state index contributed by atoms with van der Waals surface area (Å²) < 4.78 is 2.73. The molecular weight excluding hydrogens is 334 g/mol. The number of pyridine rings is 1. The summed E-state index contributed by atoms with van der Waals surface area (Å²) in [7, 11) is 0. The fourth-order valence-corrected chi connectivity index (χ4v) is 5.87. The standard InChI is InChI=1S/C24H17NS/c1-24(2)18-8-5-7-16-22(18)17(14-10-11-25-13-19(14)24)12-21-23(16)15-6-3-4-9-20(15)26-21/h3-13H,1-2H3. The molecular formula is C24H17NS. The largest absolute Gasteiger partial charge is 0.264 e. The van der Waals surface area contributed by atoms with Crippen molar-refractivity contribution in [2.24, 2.45) is 0 Å². The van der Waals surface area contributed by atoms with Crippen molar-refractivity contribution < 1.29 is 0 Å². The Morgan fingerprint density at radius 3 is 2.54 bits per heavy atom. The molecule has 0 unspecified atom stereocenters. The first-order valence-corrected chi connectivity index (χ1v) is 9.80. The van der Waals surface area contributed by atoms with Crippen molar-refractivity contribution in [2.45, 2.75) is 19.3 Å². The molecule has 1 aliphatic rings. The summed E-state index contributed by atoms with van der Waals surface area (Å²) in [4.78, 5) is 4.43. The Kier molecular flexibility index (Phi) is 2.62. The first-order valence-electron chi connectivity index (χ1n) is 8.98. The highest BCUT2D eigenvalue weighted by atomic mass is 32.1. The molecule has 5 aromatic rings. The fraction of sp³-hybridized carbons (Fsp3) is 0.125. The van der Waals surface area contributed by atoms with Crippen molar-refractivity contribution in [3.63, 3.8) is 0 Å². The molecule has 0 bridgehead atoms. The van der Waals surface area contributed by atoms with Crippen LogP contribution in [0.3, 0.4) is 0 Å². The van der Waals surface area contributed by atoms with Crippen LogP contribution in [-0.2, 0) is 5.41 Å². The van der Waals surface area contributed by atoms with Crippen LogP contribution in [0.4, 0.5) is 0 Å². The van der Waals surface area contributed by atoms with E-state index in [2.05, 4.69) is 73.4 Å². The van der Waals surface area contributed by atoms with E-state index in [9.17, 15) is 0 Å². The third kappa shape index (κ3) is 1.63. The highest BCUT2D eigenvalue weighted by Crippen LogP contribution is 2.51. The van der Waals surface area contributed by atoms with Gasteiger partial charge in [-0.1, -0.05) is 50.2 Å². The van der Waals surface area contributed by atoms with Crippen molar-refractivity contribution in [2.75, 3.05) is 0 Å². The number of hydrogen-bond donors (Lipinski definition) is 0. The lowest BCUT2D eigenvalue weighted by Crippen LogP contribution is -2.23. The molecule has 2 heteroatoms. The molecule has 26 heavy (non-hydrogen) atoms. The molecule has 0 amide bonds. The molecule has 0 N–H and O–H groups in total. The highest BCUT2D eigenvalue weighted by molar-refractivity contribution is 7.26. The van der Waals surface area contributed by atoms with Crippen molar-refractivity contribution >= 4 is 42.3 Å². The summed E-state index contributed by atoms with van der Waals surface area (Å²) in [5, 5.41) is 5.56. The van der Waals surface area contributed by atoms with Crippen LogP contribution in [0.15, 0.2) is 67.0 Å². The molecule has 0 radical (unpaired) electrons. The van der Waals surface area contributed by atoms with Crippen LogP contribution in [0, 0.1) is 0 Å². The molecule has 124 valence electrons. The van der Waals surface area contributed by atoms with Crippen molar-refractivity contribution in [1.29, 1.82) is 0 Å². The van der Waals surface area contributed by atoms with Gasteiger partial charge in [-0.05, 0) is 51.2 Å². The minimum absolute atomic E-state index is 0.0460. The molecule has 0 saturated heterocycles. The maximum atomic E-state index is 4.43. The summed E-state index contributed by atoms with van der Waals surface area (Å²) in [5.74, 6) is 0. The Morgan fingerprint density at radius 2 is 1.62 bits per heavy atom. The molecule has 0 spiro atoms. The molecule has 0 fully saturated rings. The smallest absolute Gasteiger partial charge is 0.0368 e. The lowest BCUT2D eigenvalue weighted by Gasteiger charge is -2.34. The Labute approximate surface area is 155 Å². The lowest BCUT2D eigenvalue weighted by molar-refractivity contribution is 0.642. The normalized spacial score (nSPS) is 14.8. The van der Waals surface area contributed by atoms with Crippen LogP contribution >= 0.6 is 11.3 Å². The van der Waals surface area contributed by atoms with Gasteiger partial charge in [-0.3, -0.25) is 4.98 Å². The number of rotatable bonds is 0. The minimum Gasteiger partial charge on any atom is -0.264 e. The molecule has 0 atom stereocenters. The van der Waals surface area contributed by atoms with Gasteiger partial charge in [0.2, 0.25) is 0 Å². The van der Waals surface area contributed by atoms with E-state index in [0.29, 0.717) is 0 Å². The van der Waals surface area contributed by atoms with Gasteiger partial charge in [0.05, 0.1) is 0 Å². The van der Waals surface area contributed by atoms with Gasteiger partial charge < -0.3 is 0 Å². The zero-order chi connectivity index (χ0) is 17.5. The predicted octanol–water partition coefficient (Wildman–Crippen LogP) is 6.91. The first kappa shape index (κ1) is 14.5. The molecule has 3 aromatic carbocycles. The second-order valence-corrected chi connectivity index (χ2v) is 8.75. The van der Waals surface area contributed by atoms with Gasteiger partial charge in [0, 0.05) is 38.0 Å². The van der Waals surface area contributed by atoms with Crippen molar-refractivity contribution in [3.8, 4) is 11.1 Å². The Hall–Kier alpha value is -2.71. The third-order valence-corrected chi connectivity index (χ3v) is 7.08. The summed E-state index contributed by atoms with van der Waals surface area (Å²) in [6.07, 6.45) is 3.97. The number of nitrogens with zero attached hydrogens (tertiary/aromatic N) is 1. The average molecular weight is 351 g/mol. The monoisotopic (exact) mass is 351 g/mol. The second kappa shape index (κ2) is 4.72. The van der Waals surface area contributed by atoms with Gasteiger partial charge in [-0.2, -0.15) is 0 Å². The lowest BCUT2D eigenvalue weighted by atomic mass is 9.69. The molecule has 1 nitrogen and oxygen atoms in total. The Morgan fingerprint density at radius 1 is 0.769 bits per heavy atom. The summed E-state index contributed by atoms with van der Waals surface area (Å²) >= 11 is 1.89. The topological polar surface area (TPSA) is 12.9 Å². The van der Waals surface area contributed by atoms with E-state index >= 15 is 0 Å². The van der Waals surface area contributed by atoms with Crippen LogP contribution in [-0.4, -0.2) is 4.98 Å². The van der Waals surface area contributed by atoms with E-state index in [1.807, 2.05) is 23.7 Å². The maximum Gasteiger partial charge on any atom is 0.0368 e. The van der Waals surface area contributed by atoms with Crippen LogP contribution in [0.25, 0.3) is 42.1 Å². The van der Waals surface area contributed by atoms with Gasteiger partial charge in [-0.15, -0.1) is 11.3 Å². The fourth-order valence-electron chi connectivity index (χ4n) is 4.70. The molecule has 0 aliphatic heterocycles. The maximum absolute atomic E-state index is 4.43. The Bertz CT molecular complexity index is 1360. The van der Waals surface area contributed by atoms with Gasteiger partial charge in [-0.25, -0.2) is 0 Å². The highest BCUT2D eigenvalue weighted by Gasteiger charge is 2.34. The van der Waals surface area contributed by atoms with Crippen LogP contribution in [0.1, 0.15) is 25.0 Å². The molecule has 0 saturated carbocycles. The molecule has 2 heterocycles. The number of hydrogen-bond acceptors (Lipinski definition) is 2. The molecule has 1 aliphatic carbocycles. The van der Waals surface area contributed by atoms with E-state index in [1.165, 1.54) is 53.2 Å². The second-order valence-electron chi connectivity index (χ2n) is 7.67. The quantitative estimate of drug-likeness (QED) is 0.295. The van der Waals surface area contributed by atoms with Gasteiger partial charge in [0.1, 0.15) is 0 Å². The average Bonchev–Trinajstić information content (AvgIpc) is 3.04. The van der Waals surface area contributed by atoms with Crippen molar-refractivity contribution in [1.82, 2.24) is 4.98 Å². The van der Waals surface area contributed by atoms with Gasteiger partial charge in [0.15, 0.2) is 0 Å². The first-order chi connectivity index (χ1) is 12.7. The van der Waals surface area contributed by atoms with E-state index in [-0.39, 0.29) is 5.41 Å². The minimum atomic E-state index is -0.0460. The van der Waals surface area contributed by atoms with E-state index < -0.39 is 0 Å². The number of thiophene rings is 1. The zero-order valence-electron chi connectivity index (χ0n) is 14.7. The van der Waals surface area contributed by atoms with E-state index in [0.717, 1.165) is 0 Å². The van der Waals surface area contributed by atoms with E-state index in [4.69, 9.17) is 0 Å². The SMILES string of the molecule is CC1(C)c2cnccc2-c2cc3sc4ccccc4c3c3cccc1c23. The van der Waals surface area contributed by atoms with Crippen LogP contribution in [0.5, 0.6) is 0 Å². The summed E-state index contributed by atoms with van der Waals surface area (Å²) in [5.41, 5.74) is 5.36. The zero-order valence-corrected chi connectivity index (χ0v) is 15.5. The van der Waals surface area contributed by atoms with Gasteiger partial charge in [0.25, 0.3) is 0 Å². The Balaban J connectivity index is 1.93. The number of benzene rings is 3.